The highest BCUT2D eigenvalue weighted by Crippen LogP contribution is 2.24. The quantitative estimate of drug-likeness (QED) is 0.753. The molecule has 1 heterocycles. The van der Waals surface area contributed by atoms with Gasteiger partial charge in [0.15, 0.2) is 0 Å². The SMILES string of the molecule is CCC1CCCCCN1CC(C)(CO)CO. The van der Waals surface area contributed by atoms with Crippen molar-refractivity contribution in [2.75, 3.05) is 26.3 Å². The molecule has 1 saturated heterocycles. The number of hydrogen-bond acceptors (Lipinski definition) is 3. The van der Waals surface area contributed by atoms with Gasteiger partial charge >= 0.3 is 0 Å². The number of likely N-dealkylation sites (tertiary alicyclic amines) is 1. The fraction of sp³-hybridized carbons (Fsp3) is 1.00. The van der Waals surface area contributed by atoms with Crippen molar-refractivity contribution in [3.05, 3.63) is 0 Å². The van der Waals surface area contributed by atoms with Gasteiger partial charge < -0.3 is 10.2 Å². The normalized spacial score (nSPS) is 24.4. The van der Waals surface area contributed by atoms with Gasteiger partial charge in [0.2, 0.25) is 0 Å². The Hall–Kier alpha value is -0.120. The van der Waals surface area contributed by atoms with E-state index >= 15 is 0 Å². The lowest BCUT2D eigenvalue weighted by atomic mass is 9.91. The minimum Gasteiger partial charge on any atom is -0.396 e. The average Bonchev–Trinajstić information content (AvgIpc) is 2.54. The molecule has 96 valence electrons. The summed E-state index contributed by atoms with van der Waals surface area (Å²) in [6, 6.07) is 0.639. The third kappa shape index (κ3) is 3.72. The van der Waals surface area contributed by atoms with E-state index < -0.39 is 0 Å². The predicted octanol–water partition coefficient (Wildman–Crippen LogP) is 1.63. The van der Waals surface area contributed by atoms with E-state index in [4.69, 9.17) is 0 Å². The Morgan fingerprint density at radius 2 is 1.88 bits per heavy atom. The summed E-state index contributed by atoms with van der Waals surface area (Å²) in [6.45, 7) is 6.27. The van der Waals surface area contributed by atoms with Crippen molar-refractivity contribution in [3.63, 3.8) is 0 Å². The number of aliphatic hydroxyl groups is 2. The van der Waals surface area contributed by atoms with Gasteiger partial charge in [0.05, 0.1) is 13.2 Å². The van der Waals surface area contributed by atoms with Gasteiger partial charge in [-0.1, -0.05) is 26.7 Å². The van der Waals surface area contributed by atoms with E-state index in [0.717, 1.165) is 13.1 Å². The maximum Gasteiger partial charge on any atom is 0.0519 e. The van der Waals surface area contributed by atoms with Crippen LogP contribution in [-0.4, -0.2) is 47.5 Å². The summed E-state index contributed by atoms with van der Waals surface area (Å²) in [5.74, 6) is 0. The van der Waals surface area contributed by atoms with Crippen molar-refractivity contribution in [3.8, 4) is 0 Å². The highest BCUT2D eigenvalue weighted by atomic mass is 16.3. The van der Waals surface area contributed by atoms with Crippen LogP contribution in [0.2, 0.25) is 0 Å². The molecule has 0 aromatic rings. The van der Waals surface area contributed by atoms with E-state index in [1.54, 1.807) is 0 Å². The van der Waals surface area contributed by atoms with E-state index in [-0.39, 0.29) is 18.6 Å². The van der Waals surface area contributed by atoms with E-state index in [1.165, 1.54) is 32.1 Å². The molecule has 0 amide bonds. The standard InChI is InChI=1S/C13H27NO2/c1-3-12-7-5-4-6-8-14(12)9-13(2,10-15)11-16/h12,15-16H,3-11H2,1-2H3. The topological polar surface area (TPSA) is 43.7 Å². The average molecular weight is 229 g/mol. The van der Waals surface area contributed by atoms with Crippen molar-refractivity contribution in [1.29, 1.82) is 0 Å². The molecule has 1 atom stereocenters. The van der Waals surface area contributed by atoms with Crippen LogP contribution in [0.5, 0.6) is 0 Å². The molecule has 16 heavy (non-hydrogen) atoms. The molecular weight excluding hydrogens is 202 g/mol. The molecule has 1 aliphatic heterocycles. The lowest BCUT2D eigenvalue weighted by Crippen LogP contribution is -2.45. The van der Waals surface area contributed by atoms with E-state index in [1.807, 2.05) is 6.92 Å². The molecule has 0 aromatic heterocycles. The summed E-state index contributed by atoms with van der Waals surface area (Å²) < 4.78 is 0. The summed E-state index contributed by atoms with van der Waals surface area (Å²) in [7, 11) is 0. The Kier molecular flexibility index (Phi) is 5.73. The molecule has 2 N–H and O–H groups in total. The Labute approximate surface area is 99.5 Å². The first kappa shape index (κ1) is 13.9. The lowest BCUT2D eigenvalue weighted by molar-refractivity contribution is 0.0218. The minimum atomic E-state index is -0.349. The van der Waals surface area contributed by atoms with Crippen molar-refractivity contribution < 1.29 is 10.2 Å². The van der Waals surface area contributed by atoms with Crippen LogP contribution < -0.4 is 0 Å². The highest BCUT2D eigenvalue weighted by Gasteiger charge is 2.29. The first-order valence-corrected chi connectivity index (χ1v) is 6.61. The molecule has 1 aliphatic rings. The van der Waals surface area contributed by atoms with Crippen LogP contribution in [-0.2, 0) is 0 Å². The van der Waals surface area contributed by atoms with Crippen LogP contribution in [0.15, 0.2) is 0 Å². The molecule has 0 aliphatic carbocycles. The van der Waals surface area contributed by atoms with E-state index in [0.29, 0.717) is 6.04 Å². The van der Waals surface area contributed by atoms with Crippen LogP contribution in [0.4, 0.5) is 0 Å². The molecule has 0 spiro atoms. The van der Waals surface area contributed by atoms with Gasteiger partial charge in [0, 0.05) is 18.0 Å². The molecule has 0 bridgehead atoms. The third-order valence-corrected chi connectivity index (χ3v) is 3.82. The highest BCUT2D eigenvalue weighted by molar-refractivity contribution is 4.82. The molecule has 0 aromatic carbocycles. The number of nitrogens with zero attached hydrogens (tertiary/aromatic N) is 1. The number of aliphatic hydroxyl groups excluding tert-OH is 2. The largest absolute Gasteiger partial charge is 0.396 e. The summed E-state index contributed by atoms with van der Waals surface area (Å²) >= 11 is 0. The maximum atomic E-state index is 9.36. The van der Waals surface area contributed by atoms with E-state index in [2.05, 4.69) is 11.8 Å². The second-order valence-corrected chi connectivity index (χ2v) is 5.51. The van der Waals surface area contributed by atoms with Crippen LogP contribution in [0.1, 0.15) is 46.0 Å². The fourth-order valence-electron chi connectivity index (χ4n) is 2.55. The Bertz CT molecular complexity index is 192. The summed E-state index contributed by atoms with van der Waals surface area (Å²) in [5, 5.41) is 18.7. The van der Waals surface area contributed by atoms with E-state index in [9.17, 15) is 10.2 Å². The number of rotatable bonds is 5. The van der Waals surface area contributed by atoms with Crippen molar-refractivity contribution >= 4 is 0 Å². The monoisotopic (exact) mass is 229 g/mol. The van der Waals surface area contributed by atoms with Crippen LogP contribution >= 0.6 is 0 Å². The van der Waals surface area contributed by atoms with Crippen molar-refractivity contribution in [1.82, 2.24) is 4.90 Å². The van der Waals surface area contributed by atoms with Gasteiger partial charge in [0.25, 0.3) is 0 Å². The molecule has 0 radical (unpaired) electrons. The van der Waals surface area contributed by atoms with Crippen LogP contribution in [0.3, 0.4) is 0 Å². The molecular formula is C13H27NO2. The van der Waals surface area contributed by atoms with Gasteiger partial charge in [-0.2, -0.15) is 0 Å². The zero-order chi connectivity index (χ0) is 12.0. The molecule has 0 saturated carbocycles. The fourth-order valence-corrected chi connectivity index (χ4v) is 2.55. The van der Waals surface area contributed by atoms with Gasteiger partial charge in [-0.05, 0) is 25.8 Å². The molecule has 1 unspecified atom stereocenters. The molecule has 1 rings (SSSR count). The number of hydrogen-bond donors (Lipinski definition) is 2. The minimum absolute atomic E-state index is 0.0659. The first-order chi connectivity index (χ1) is 7.65. The second kappa shape index (κ2) is 6.58. The molecule has 3 heteroatoms. The molecule has 3 nitrogen and oxygen atoms in total. The summed E-state index contributed by atoms with van der Waals surface area (Å²) in [5.41, 5.74) is -0.349. The van der Waals surface area contributed by atoms with Gasteiger partial charge in [-0.15, -0.1) is 0 Å². The van der Waals surface area contributed by atoms with Crippen molar-refractivity contribution in [2.45, 2.75) is 52.0 Å². The zero-order valence-corrected chi connectivity index (χ0v) is 10.8. The lowest BCUT2D eigenvalue weighted by Gasteiger charge is -2.36. The summed E-state index contributed by atoms with van der Waals surface area (Å²) in [6.07, 6.45) is 6.34. The van der Waals surface area contributed by atoms with Gasteiger partial charge in [-0.25, -0.2) is 0 Å². The molecule has 1 fully saturated rings. The van der Waals surface area contributed by atoms with Gasteiger partial charge in [-0.3, -0.25) is 4.90 Å². The maximum absolute atomic E-state index is 9.36. The smallest absolute Gasteiger partial charge is 0.0519 e. The zero-order valence-electron chi connectivity index (χ0n) is 10.8. The van der Waals surface area contributed by atoms with Gasteiger partial charge in [0.1, 0.15) is 0 Å². The second-order valence-electron chi connectivity index (χ2n) is 5.51. The first-order valence-electron chi connectivity index (χ1n) is 6.61. The Morgan fingerprint density at radius 3 is 2.44 bits per heavy atom. The Balaban J connectivity index is 2.60. The summed E-state index contributed by atoms with van der Waals surface area (Å²) in [4.78, 5) is 2.47. The third-order valence-electron chi connectivity index (χ3n) is 3.82. The van der Waals surface area contributed by atoms with Crippen LogP contribution in [0, 0.1) is 5.41 Å². The van der Waals surface area contributed by atoms with Crippen molar-refractivity contribution in [2.24, 2.45) is 5.41 Å². The van der Waals surface area contributed by atoms with Crippen LogP contribution in [0.25, 0.3) is 0 Å². The Morgan fingerprint density at radius 1 is 1.19 bits per heavy atom. The predicted molar refractivity (Wildman–Crippen MR) is 66.4 cm³/mol.